The van der Waals surface area contributed by atoms with Crippen LogP contribution in [0.3, 0.4) is 0 Å². The molecule has 8 nitrogen and oxygen atoms in total. The summed E-state index contributed by atoms with van der Waals surface area (Å²) in [5.41, 5.74) is 2.60. The molecule has 8 heteroatoms. The summed E-state index contributed by atoms with van der Waals surface area (Å²) in [4.78, 5) is 38.4. The summed E-state index contributed by atoms with van der Waals surface area (Å²) in [6.07, 6.45) is 6.26. The number of benzene rings is 1. The van der Waals surface area contributed by atoms with E-state index < -0.39 is 0 Å². The second kappa shape index (κ2) is 7.20. The van der Waals surface area contributed by atoms with Crippen molar-refractivity contribution in [2.45, 2.75) is 6.54 Å². The SMILES string of the molecule is O=C1CN(C(=O)c2cccc(CNc3ccncn3)c2)c2ccncc2N1. The Balaban J connectivity index is 1.55. The van der Waals surface area contributed by atoms with Crippen LogP contribution in [0.15, 0.2) is 61.3 Å². The van der Waals surface area contributed by atoms with Crippen LogP contribution in [0.2, 0.25) is 0 Å². The summed E-state index contributed by atoms with van der Waals surface area (Å²) in [6, 6.07) is 10.8. The van der Waals surface area contributed by atoms with Gasteiger partial charge in [-0.15, -0.1) is 0 Å². The van der Waals surface area contributed by atoms with Crippen molar-refractivity contribution in [1.29, 1.82) is 0 Å². The zero-order chi connectivity index (χ0) is 18.6. The van der Waals surface area contributed by atoms with Gasteiger partial charge in [0.1, 0.15) is 18.7 Å². The van der Waals surface area contributed by atoms with Crippen molar-refractivity contribution in [2.75, 3.05) is 22.1 Å². The average molecular weight is 360 g/mol. The van der Waals surface area contributed by atoms with Crippen LogP contribution in [0.25, 0.3) is 0 Å². The Labute approximate surface area is 155 Å². The summed E-state index contributed by atoms with van der Waals surface area (Å²) < 4.78 is 0. The Morgan fingerprint density at radius 3 is 2.93 bits per heavy atom. The minimum atomic E-state index is -0.245. The molecule has 2 aromatic heterocycles. The minimum Gasteiger partial charge on any atom is -0.366 e. The van der Waals surface area contributed by atoms with Crippen molar-refractivity contribution in [1.82, 2.24) is 15.0 Å². The second-order valence-electron chi connectivity index (χ2n) is 5.98. The predicted molar refractivity (Wildman–Crippen MR) is 100 cm³/mol. The molecular formula is C19H16N6O2. The molecule has 3 heterocycles. The molecule has 1 aliphatic rings. The zero-order valence-corrected chi connectivity index (χ0v) is 14.3. The molecule has 0 aliphatic carbocycles. The Morgan fingerprint density at radius 2 is 2.07 bits per heavy atom. The number of carbonyl (C=O) groups is 2. The monoisotopic (exact) mass is 360 g/mol. The van der Waals surface area contributed by atoms with E-state index in [9.17, 15) is 9.59 Å². The zero-order valence-electron chi connectivity index (χ0n) is 14.3. The van der Waals surface area contributed by atoms with E-state index in [4.69, 9.17) is 0 Å². The third kappa shape index (κ3) is 3.59. The second-order valence-corrected chi connectivity index (χ2v) is 5.98. The number of anilines is 3. The van der Waals surface area contributed by atoms with E-state index in [2.05, 4.69) is 25.6 Å². The van der Waals surface area contributed by atoms with E-state index in [0.29, 0.717) is 29.3 Å². The van der Waals surface area contributed by atoms with Gasteiger partial charge in [0, 0.05) is 24.5 Å². The van der Waals surface area contributed by atoms with Crippen molar-refractivity contribution in [3.8, 4) is 0 Å². The predicted octanol–water partition coefficient (Wildman–Crippen LogP) is 2.08. The number of aromatic nitrogens is 3. The van der Waals surface area contributed by atoms with Gasteiger partial charge in [-0.2, -0.15) is 0 Å². The van der Waals surface area contributed by atoms with Crippen LogP contribution in [0.5, 0.6) is 0 Å². The lowest BCUT2D eigenvalue weighted by atomic mass is 10.1. The van der Waals surface area contributed by atoms with Crippen molar-refractivity contribution in [3.05, 3.63) is 72.4 Å². The van der Waals surface area contributed by atoms with E-state index in [1.807, 2.05) is 18.2 Å². The molecule has 0 fully saturated rings. The highest BCUT2D eigenvalue weighted by Gasteiger charge is 2.27. The number of rotatable bonds is 4. The van der Waals surface area contributed by atoms with E-state index in [1.54, 1.807) is 30.6 Å². The summed E-state index contributed by atoms with van der Waals surface area (Å²) in [6.45, 7) is 0.485. The topological polar surface area (TPSA) is 100 Å². The molecule has 27 heavy (non-hydrogen) atoms. The lowest BCUT2D eigenvalue weighted by molar-refractivity contribution is -0.115. The first-order chi connectivity index (χ1) is 13.2. The number of nitrogens with one attached hydrogen (secondary N) is 2. The lowest BCUT2D eigenvalue weighted by Crippen LogP contribution is -2.42. The molecule has 0 saturated heterocycles. The van der Waals surface area contributed by atoms with E-state index in [1.165, 1.54) is 17.4 Å². The third-order valence-corrected chi connectivity index (χ3v) is 4.14. The summed E-state index contributed by atoms with van der Waals surface area (Å²) >= 11 is 0. The molecule has 0 unspecified atom stereocenters. The normalized spacial score (nSPS) is 12.9. The standard InChI is InChI=1S/C19H16N6O2/c26-18-11-25(16-4-6-20-10-15(16)24-18)19(27)14-3-1-2-13(8-14)9-22-17-5-7-21-12-23-17/h1-8,10,12H,9,11H2,(H,24,26)(H,21,22,23). The number of hydrogen-bond acceptors (Lipinski definition) is 6. The average Bonchev–Trinajstić information content (AvgIpc) is 2.72. The first-order valence-corrected chi connectivity index (χ1v) is 8.35. The van der Waals surface area contributed by atoms with Gasteiger partial charge in [0.25, 0.3) is 5.91 Å². The molecule has 0 bridgehead atoms. The van der Waals surface area contributed by atoms with Crippen LogP contribution in [-0.2, 0) is 11.3 Å². The van der Waals surface area contributed by atoms with Crippen molar-refractivity contribution in [3.63, 3.8) is 0 Å². The van der Waals surface area contributed by atoms with E-state index in [-0.39, 0.29) is 18.4 Å². The maximum atomic E-state index is 13.0. The maximum Gasteiger partial charge on any atom is 0.258 e. The number of hydrogen-bond donors (Lipinski definition) is 2. The first-order valence-electron chi connectivity index (χ1n) is 8.35. The van der Waals surface area contributed by atoms with Crippen LogP contribution >= 0.6 is 0 Å². The highest BCUT2D eigenvalue weighted by Crippen LogP contribution is 2.29. The lowest BCUT2D eigenvalue weighted by Gasteiger charge is -2.28. The molecule has 1 aromatic carbocycles. The van der Waals surface area contributed by atoms with Gasteiger partial charge in [-0.25, -0.2) is 9.97 Å². The molecule has 0 atom stereocenters. The minimum absolute atomic E-state index is 0.0285. The van der Waals surface area contributed by atoms with Crippen LogP contribution < -0.4 is 15.5 Å². The van der Waals surface area contributed by atoms with Gasteiger partial charge >= 0.3 is 0 Å². The molecular weight excluding hydrogens is 344 g/mol. The van der Waals surface area contributed by atoms with Gasteiger partial charge < -0.3 is 10.6 Å². The maximum absolute atomic E-state index is 13.0. The van der Waals surface area contributed by atoms with E-state index in [0.717, 1.165) is 5.56 Å². The largest absolute Gasteiger partial charge is 0.366 e. The molecule has 134 valence electrons. The summed E-state index contributed by atoms with van der Waals surface area (Å²) in [7, 11) is 0. The van der Waals surface area contributed by atoms with E-state index >= 15 is 0 Å². The fourth-order valence-electron chi connectivity index (χ4n) is 2.88. The molecule has 0 saturated carbocycles. The molecule has 0 spiro atoms. The van der Waals surface area contributed by atoms with Crippen LogP contribution in [0, 0.1) is 0 Å². The Kier molecular flexibility index (Phi) is 4.44. The molecule has 2 N–H and O–H groups in total. The number of pyridine rings is 1. The summed E-state index contributed by atoms with van der Waals surface area (Å²) in [5.74, 6) is 0.225. The van der Waals surface area contributed by atoms with Gasteiger partial charge in [0.05, 0.1) is 17.6 Å². The molecule has 3 aromatic rings. The molecule has 4 rings (SSSR count). The third-order valence-electron chi connectivity index (χ3n) is 4.14. The van der Waals surface area contributed by atoms with Crippen molar-refractivity contribution < 1.29 is 9.59 Å². The van der Waals surface area contributed by atoms with Gasteiger partial charge in [0.15, 0.2) is 0 Å². The van der Waals surface area contributed by atoms with Gasteiger partial charge in [-0.3, -0.25) is 19.5 Å². The smallest absolute Gasteiger partial charge is 0.258 e. The number of nitrogens with zero attached hydrogens (tertiary/aromatic N) is 4. The van der Waals surface area contributed by atoms with Gasteiger partial charge in [-0.1, -0.05) is 12.1 Å². The Morgan fingerprint density at radius 1 is 1.19 bits per heavy atom. The number of amides is 2. The van der Waals surface area contributed by atoms with Crippen molar-refractivity contribution >= 4 is 29.0 Å². The fourth-order valence-corrected chi connectivity index (χ4v) is 2.88. The van der Waals surface area contributed by atoms with Gasteiger partial charge in [0.2, 0.25) is 5.91 Å². The highest BCUT2D eigenvalue weighted by atomic mass is 16.2. The number of carbonyl (C=O) groups excluding carboxylic acids is 2. The Hall–Kier alpha value is -3.81. The Bertz CT molecular complexity index is 992. The van der Waals surface area contributed by atoms with Crippen LogP contribution in [0.1, 0.15) is 15.9 Å². The molecule has 1 aliphatic heterocycles. The van der Waals surface area contributed by atoms with Crippen LogP contribution in [-0.4, -0.2) is 33.3 Å². The quantitative estimate of drug-likeness (QED) is 0.739. The summed E-state index contributed by atoms with van der Waals surface area (Å²) in [5, 5.41) is 5.91. The van der Waals surface area contributed by atoms with Crippen molar-refractivity contribution in [2.24, 2.45) is 0 Å². The first kappa shape index (κ1) is 16.6. The fraction of sp³-hybridized carbons (Fsp3) is 0.105. The molecule has 0 radical (unpaired) electrons. The van der Waals surface area contributed by atoms with Gasteiger partial charge in [-0.05, 0) is 29.8 Å². The molecule has 2 amide bonds. The number of fused-ring (bicyclic) bond motifs is 1. The highest BCUT2D eigenvalue weighted by molar-refractivity contribution is 6.15. The van der Waals surface area contributed by atoms with Crippen LogP contribution in [0.4, 0.5) is 17.2 Å².